The Morgan fingerprint density at radius 3 is 2.71 bits per heavy atom. The molecule has 4 rings (SSSR count). The van der Waals surface area contributed by atoms with Crippen molar-refractivity contribution in [1.82, 2.24) is 9.55 Å². The summed E-state index contributed by atoms with van der Waals surface area (Å²) in [7, 11) is 1.56. The molecule has 3 aromatic carbocycles. The summed E-state index contributed by atoms with van der Waals surface area (Å²) in [6.07, 6.45) is 7.10. The average molecular weight is 614 g/mol. The molecule has 0 atom stereocenters. The highest BCUT2D eigenvalue weighted by Gasteiger charge is 2.17. The molecule has 0 fully saturated rings. The summed E-state index contributed by atoms with van der Waals surface area (Å²) in [6.45, 7) is 0.548. The molecule has 35 heavy (non-hydrogen) atoms. The number of fused-ring (bicyclic) bond motifs is 1. The summed E-state index contributed by atoms with van der Waals surface area (Å²) < 4.78 is 13.9. The van der Waals surface area contributed by atoms with Gasteiger partial charge in [0.2, 0.25) is 0 Å². The second-order valence-electron chi connectivity index (χ2n) is 7.44. The fourth-order valence-electron chi connectivity index (χ4n) is 3.65. The second kappa shape index (κ2) is 11.0. The lowest BCUT2D eigenvalue weighted by atomic mass is 10.1. The van der Waals surface area contributed by atoms with Gasteiger partial charge >= 0.3 is 0 Å². The van der Waals surface area contributed by atoms with Crippen LogP contribution >= 0.6 is 45.8 Å². The van der Waals surface area contributed by atoms with E-state index in [1.807, 2.05) is 41.0 Å². The third-order valence-corrected chi connectivity index (χ3v) is 6.61. The molecule has 0 spiro atoms. The summed E-state index contributed by atoms with van der Waals surface area (Å²) in [5.74, 6) is 4.07. The lowest BCUT2D eigenvalue weighted by molar-refractivity contribution is 0.328. The number of nitriles is 1. The average Bonchev–Trinajstić information content (AvgIpc) is 3.21. The van der Waals surface area contributed by atoms with Gasteiger partial charge in [-0.2, -0.15) is 5.26 Å². The fourth-order valence-corrected chi connectivity index (χ4v) is 4.90. The number of hydrogen-bond donors (Lipinski definition) is 0. The van der Waals surface area contributed by atoms with Gasteiger partial charge in [-0.3, -0.25) is 0 Å². The molecule has 0 bridgehead atoms. The van der Waals surface area contributed by atoms with E-state index in [2.05, 4.69) is 34.6 Å². The van der Waals surface area contributed by atoms with Gasteiger partial charge in [0.1, 0.15) is 12.7 Å². The monoisotopic (exact) mass is 613 g/mol. The Bertz CT molecular complexity index is 1530. The minimum absolute atomic E-state index is 0.127. The first kappa shape index (κ1) is 24.9. The van der Waals surface area contributed by atoms with E-state index in [1.165, 1.54) is 0 Å². The van der Waals surface area contributed by atoms with Crippen LogP contribution in [0.4, 0.5) is 0 Å². The minimum Gasteiger partial charge on any atom is -0.493 e. The lowest BCUT2D eigenvalue weighted by Gasteiger charge is -2.13. The van der Waals surface area contributed by atoms with Crippen LogP contribution in [0.2, 0.25) is 10.0 Å². The molecule has 174 valence electrons. The Hall–Kier alpha value is -3.17. The number of para-hydroxylation sites is 2. The highest BCUT2D eigenvalue weighted by Crippen LogP contribution is 2.35. The smallest absolute Gasteiger partial charge is 0.175 e. The van der Waals surface area contributed by atoms with Gasteiger partial charge in [0.15, 0.2) is 17.3 Å². The Labute approximate surface area is 227 Å². The number of benzene rings is 3. The Balaban J connectivity index is 1.83. The molecule has 5 nitrogen and oxygen atoms in total. The van der Waals surface area contributed by atoms with Gasteiger partial charge < -0.3 is 14.0 Å². The first-order valence-corrected chi connectivity index (χ1v) is 12.2. The molecule has 0 amide bonds. The molecule has 8 heteroatoms. The first-order valence-electron chi connectivity index (χ1n) is 10.4. The Kier molecular flexibility index (Phi) is 7.87. The number of imidazole rings is 1. The molecule has 0 aliphatic heterocycles. The van der Waals surface area contributed by atoms with Crippen LogP contribution in [0, 0.1) is 27.2 Å². The molecule has 0 unspecified atom stereocenters. The predicted molar refractivity (Wildman–Crippen MR) is 149 cm³/mol. The quantitative estimate of drug-likeness (QED) is 0.127. The molecule has 0 saturated heterocycles. The largest absolute Gasteiger partial charge is 0.493 e. The number of rotatable bonds is 7. The normalized spacial score (nSPS) is 11.2. The van der Waals surface area contributed by atoms with Gasteiger partial charge in [0.05, 0.1) is 33.8 Å². The minimum atomic E-state index is 0.127. The number of allylic oxidation sites excluding steroid dienone is 1. The van der Waals surface area contributed by atoms with E-state index in [0.29, 0.717) is 39.5 Å². The lowest BCUT2D eigenvalue weighted by Crippen LogP contribution is -2.05. The van der Waals surface area contributed by atoms with E-state index < -0.39 is 0 Å². The van der Waals surface area contributed by atoms with Crippen LogP contribution in [-0.2, 0) is 6.54 Å². The van der Waals surface area contributed by atoms with Gasteiger partial charge in [-0.15, -0.1) is 6.42 Å². The number of terminal acetylenes is 1. The highest BCUT2D eigenvalue weighted by atomic mass is 127. The Morgan fingerprint density at radius 1 is 1.20 bits per heavy atom. The first-order chi connectivity index (χ1) is 16.9. The van der Waals surface area contributed by atoms with Crippen LogP contribution in [0.5, 0.6) is 11.5 Å². The molecule has 4 aromatic rings. The zero-order valence-corrected chi connectivity index (χ0v) is 22.2. The summed E-state index contributed by atoms with van der Waals surface area (Å²) in [5, 5.41) is 11.2. The third-order valence-electron chi connectivity index (χ3n) is 5.22. The predicted octanol–water partition coefficient (Wildman–Crippen LogP) is 7.08. The second-order valence-corrected chi connectivity index (χ2v) is 9.45. The summed E-state index contributed by atoms with van der Waals surface area (Å²) in [6, 6.07) is 19.1. The van der Waals surface area contributed by atoms with Gasteiger partial charge in [0, 0.05) is 10.0 Å². The van der Waals surface area contributed by atoms with Gasteiger partial charge in [-0.25, -0.2) is 4.98 Å². The summed E-state index contributed by atoms with van der Waals surface area (Å²) in [4.78, 5) is 4.77. The van der Waals surface area contributed by atoms with Crippen molar-refractivity contribution in [3.05, 3.63) is 85.2 Å². The van der Waals surface area contributed by atoms with Crippen molar-refractivity contribution < 1.29 is 9.47 Å². The van der Waals surface area contributed by atoms with E-state index in [-0.39, 0.29) is 6.61 Å². The molecule has 1 aromatic heterocycles. The van der Waals surface area contributed by atoms with Gasteiger partial charge in [-0.05, 0) is 76.2 Å². The molecule has 0 saturated carbocycles. The molecule has 1 heterocycles. The van der Waals surface area contributed by atoms with Crippen molar-refractivity contribution in [2.24, 2.45) is 0 Å². The zero-order valence-electron chi connectivity index (χ0n) is 18.6. The van der Waals surface area contributed by atoms with E-state index in [4.69, 9.17) is 44.1 Å². The zero-order chi connectivity index (χ0) is 24.9. The van der Waals surface area contributed by atoms with Gasteiger partial charge in [0.25, 0.3) is 0 Å². The molecule has 0 aliphatic carbocycles. The third kappa shape index (κ3) is 5.41. The van der Waals surface area contributed by atoms with E-state index >= 15 is 0 Å². The standard InChI is InChI=1S/C27H18Cl2IN3O2/c1-3-10-35-26-22(30)12-17(13-25(26)34-2)11-19(15-31)27-32-23-6-4-5-7-24(23)33(27)16-18-8-9-20(28)14-21(18)29/h1,4-9,11-14H,10,16H2,2H3/b19-11+. The number of hydrogen-bond acceptors (Lipinski definition) is 4. The topological polar surface area (TPSA) is 60.1 Å². The van der Waals surface area contributed by atoms with Crippen LogP contribution in [0.25, 0.3) is 22.7 Å². The van der Waals surface area contributed by atoms with Crippen molar-refractivity contribution >= 4 is 68.5 Å². The van der Waals surface area contributed by atoms with Crippen molar-refractivity contribution in [3.8, 4) is 29.9 Å². The number of halogens is 3. The number of aromatic nitrogens is 2. The number of ether oxygens (including phenoxy) is 2. The Morgan fingerprint density at radius 2 is 2.00 bits per heavy atom. The maximum absolute atomic E-state index is 10.1. The van der Waals surface area contributed by atoms with Crippen molar-refractivity contribution in [2.45, 2.75) is 6.54 Å². The van der Waals surface area contributed by atoms with E-state index in [0.717, 1.165) is 25.7 Å². The van der Waals surface area contributed by atoms with Crippen molar-refractivity contribution in [1.29, 1.82) is 5.26 Å². The SMILES string of the molecule is C#CCOc1c(I)cc(/C=C(\C#N)c2nc3ccccc3n2Cc2ccc(Cl)cc2Cl)cc1OC. The maximum Gasteiger partial charge on any atom is 0.175 e. The summed E-state index contributed by atoms with van der Waals surface area (Å²) in [5.41, 5.74) is 3.68. The number of nitrogens with zero attached hydrogens (tertiary/aromatic N) is 3. The summed E-state index contributed by atoms with van der Waals surface area (Å²) >= 11 is 14.7. The van der Waals surface area contributed by atoms with Crippen LogP contribution in [0.1, 0.15) is 17.0 Å². The highest BCUT2D eigenvalue weighted by molar-refractivity contribution is 14.1. The van der Waals surface area contributed by atoms with Crippen LogP contribution in [0.15, 0.2) is 54.6 Å². The van der Waals surface area contributed by atoms with Gasteiger partial charge in [-0.1, -0.05) is 47.3 Å². The number of methoxy groups -OCH3 is 1. The maximum atomic E-state index is 10.1. The molecular weight excluding hydrogens is 596 g/mol. The molecular formula is C27H18Cl2IN3O2. The van der Waals surface area contributed by atoms with Crippen molar-refractivity contribution in [3.63, 3.8) is 0 Å². The fraction of sp³-hybridized carbons (Fsp3) is 0.111. The van der Waals surface area contributed by atoms with Crippen LogP contribution in [-0.4, -0.2) is 23.3 Å². The molecule has 0 aliphatic rings. The van der Waals surface area contributed by atoms with Crippen LogP contribution < -0.4 is 9.47 Å². The van der Waals surface area contributed by atoms with E-state index in [1.54, 1.807) is 31.4 Å². The molecule has 0 radical (unpaired) electrons. The molecule has 0 N–H and O–H groups in total. The van der Waals surface area contributed by atoms with Crippen molar-refractivity contribution in [2.75, 3.05) is 13.7 Å². The van der Waals surface area contributed by atoms with E-state index in [9.17, 15) is 5.26 Å². The van der Waals surface area contributed by atoms with Crippen LogP contribution in [0.3, 0.4) is 0 Å².